The zero-order chi connectivity index (χ0) is 15.8. The van der Waals surface area contributed by atoms with Gasteiger partial charge in [0.1, 0.15) is 0 Å². The van der Waals surface area contributed by atoms with Crippen LogP contribution in [0.25, 0.3) is 0 Å². The summed E-state index contributed by atoms with van der Waals surface area (Å²) in [5, 5.41) is 16.7. The number of aliphatic hydroxyl groups excluding tert-OH is 2. The molecule has 23 heavy (non-hydrogen) atoms. The summed E-state index contributed by atoms with van der Waals surface area (Å²) in [6.45, 7) is 2.95. The van der Waals surface area contributed by atoms with Crippen molar-refractivity contribution in [2.75, 3.05) is 26.4 Å². The largest absolute Gasteiger partial charge is 0.577 e. The first kappa shape index (κ1) is 27.7. The average Bonchev–Trinajstić information content (AvgIpc) is 3.18. The van der Waals surface area contributed by atoms with Crippen molar-refractivity contribution < 1.29 is 43.9 Å². The molecule has 0 unspecified atom stereocenters. The average molecular weight is 442 g/mol. The van der Waals surface area contributed by atoms with Crippen molar-refractivity contribution in [3.63, 3.8) is 0 Å². The molecule has 0 aliphatic heterocycles. The molecule has 0 saturated heterocycles. The normalized spacial score (nSPS) is 13.1. The van der Waals surface area contributed by atoms with Crippen molar-refractivity contribution in [2.24, 2.45) is 0 Å². The van der Waals surface area contributed by atoms with E-state index in [0.717, 1.165) is 24.4 Å². The molecule has 0 saturated carbocycles. The second-order valence-corrected chi connectivity index (χ2v) is 5.17. The Morgan fingerprint density at radius 1 is 1.00 bits per heavy atom. The molecular weight excluding hydrogens is 418 g/mol. The number of hydrogen-bond donors (Lipinski definition) is 2. The van der Waals surface area contributed by atoms with Gasteiger partial charge < -0.3 is 19.7 Å². The molecule has 0 atom stereocenters. The van der Waals surface area contributed by atoms with E-state index in [4.69, 9.17) is 19.7 Å². The first-order valence-electron chi connectivity index (χ1n) is 6.74. The fraction of sp³-hybridized carbons (Fsp3) is 0.438. The Kier molecular flexibility index (Phi) is 26.2. The van der Waals surface area contributed by atoms with Crippen LogP contribution in [0, 0.1) is 12.2 Å². The molecule has 2 aliphatic rings. The molecule has 2 rings (SSSR count). The van der Waals surface area contributed by atoms with Crippen LogP contribution < -0.4 is 0 Å². The molecule has 0 fully saturated rings. The van der Waals surface area contributed by atoms with Crippen molar-refractivity contribution in [2.45, 2.75) is 19.8 Å². The molecule has 130 valence electrons. The minimum Gasteiger partial charge on any atom is -0.577 e. The van der Waals surface area contributed by atoms with Crippen LogP contribution in [-0.4, -0.2) is 40.3 Å². The van der Waals surface area contributed by atoms with Gasteiger partial charge in [0.15, 0.2) is 0 Å². The number of hydrogen-bond acceptors (Lipinski definition) is 4. The van der Waals surface area contributed by atoms with Crippen LogP contribution >= 0.6 is 24.8 Å². The molecule has 0 amide bonds. The quantitative estimate of drug-likeness (QED) is 0.621. The summed E-state index contributed by atoms with van der Waals surface area (Å²) >= 11 is 1.51. The topological polar surface area (TPSA) is 58.9 Å². The predicted molar refractivity (Wildman–Crippen MR) is 93.3 cm³/mol. The maximum absolute atomic E-state index is 8.34. The molecule has 0 radical (unpaired) electrons. The van der Waals surface area contributed by atoms with E-state index in [1.807, 2.05) is 19.1 Å². The summed E-state index contributed by atoms with van der Waals surface area (Å²) in [5.74, 6) is 1.65. The first-order chi connectivity index (χ1) is 10.3. The van der Waals surface area contributed by atoms with Gasteiger partial charge in [-0.15, -0.1) is 49.8 Å². The molecule has 0 aromatic heterocycles. The Morgan fingerprint density at radius 2 is 1.35 bits per heavy atom. The van der Waals surface area contributed by atoms with Gasteiger partial charge in [0.2, 0.25) is 0 Å². The number of aliphatic hydroxyl groups is 2. The summed E-state index contributed by atoms with van der Waals surface area (Å²) in [5.41, 5.74) is 0. The monoisotopic (exact) mass is 440 g/mol. The van der Waals surface area contributed by atoms with Crippen LogP contribution in [0.4, 0.5) is 0 Å². The molecule has 0 heterocycles. The Labute approximate surface area is 166 Å². The van der Waals surface area contributed by atoms with Gasteiger partial charge in [-0.2, -0.15) is 12.2 Å². The number of ether oxygens (including phenoxy) is 2. The van der Waals surface area contributed by atoms with E-state index in [9.17, 15) is 0 Å². The van der Waals surface area contributed by atoms with Gasteiger partial charge in [-0.1, -0.05) is 0 Å². The molecule has 0 bridgehead atoms. The fourth-order valence-corrected chi connectivity index (χ4v) is 1.28. The predicted octanol–water partition coefficient (Wildman–Crippen LogP) is 2.48. The third-order valence-corrected chi connectivity index (χ3v) is 2.05. The van der Waals surface area contributed by atoms with Crippen LogP contribution in [0.5, 0.6) is 0 Å². The smallest absolute Gasteiger partial charge is 0.0876 e. The zero-order valence-electron chi connectivity index (χ0n) is 13.2. The number of halogens is 2. The van der Waals surface area contributed by atoms with Crippen LogP contribution in [0.15, 0.2) is 35.8 Å². The minimum absolute atomic E-state index is 0. The van der Waals surface area contributed by atoms with Gasteiger partial charge in [0.25, 0.3) is 0 Å². The second-order valence-electron chi connectivity index (χ2n) is 3.75. The van der Waals surface area contributed by atoms with Gasteiger partial charge in [-0.3, -0.25) is 12.2 Å². The summed E-state index contributed by atoms with van der Waals surface area (Å²) < 4.78 is 12.2. The van der Waals surface area contributed by atoms with Crippen LogP contribution in [0.3, 0.4) is 0 Å². The van der Waals surface area contributed by atoms with Crippen molar-refractivity contribution >= 4 is 28.5 Å². The fourth-order valence-electron chi connectivity index (χ4n) is 1.28. The Morgan fingerprint density at radius 3 is 1.57 bits per heavy atom. The van der Waals surface area contributed by atoms with Crippen LogP contribution in [0.2, 0.25) is 0 Å². The van der Waals surface area contributed by atoms with Crippen molar-refractivity contribution in [1.82, 2.24) is 0 Å². The maximum atomic E-state index is 8.34. The summed E-state index contributed by atoms with van der Waals surface area (Å²) in [6, 6.07) is 0. The second kappa shape index (κ2) is 21.8. The molecule has 4 nitrogen and oxygen atoms in total. The van der Waals surface area contributed by atoms with Crippen molar-refractivity contribution in [3.8, 4) is 0 Å². The third-order valence-electron chi connectivity index (χ3n) is 2.05. The van der Waals surface area contributed by atoms with E-state index in [2.05, 4.69) is 15.9 Å². The molecule has 0 aromatic rings. The van der Waals surface area contributed by atoms with Crippen LogP contribution in [0.1, 0.15) is 19.8 Å². The Bertz CT molecular complexity index is 360. The van der Waals surface area contributed by atoms with Crippen molar-refractivity contribution in [3.05, 3.63) is 48.0 Å². The Hall–Kier alpha value is -0.187. The molecule has 0 aromatic carbocycles. The summed E-state index contributed by atoms with van der Waals surface area (Å²) in [7, 11) is 0. The molecular formula is C16H24Cl2O4Zr. The van der Waals surface area contributed by atoms with E-state index in [1.54, 1.807) is 12.2 Å². The van der Waals surface area contributed by atoms with Gasteiger partial charge in [0, 0.05) is 0 Å². The van der Waals surface area contributed by atoms with Gasteiger partial charge in [0.05, 0.1) is 26.4 Å². The van der Waals surface area contributed by atoms with E-state index in [-0.39, 0.29) is 38.0 Å². The SMILES string of the molecule is C[CH]=[Zr+2].Cl.Cl.OCCOC1=CC[C-]=C1.OCCOC1=CC[C-]=C1. The van der Waals surface area contributed by atoms with Gasteiger partial charge in [-0.25, -0.2) is 0 Å². The third kappa shape index (κ3) is 18.0. The first-order valence-corrected chi connectivity index (χ1v) is 8.16. The minimum atomic E-state index is 0. The Balaban J connectivity index is -0.000000277. The van der Waals surface area contributed by atoms with E-state index < -0.39 is 0 Å². The molecule has 0 spiro atoms. The molecule has 2 aliphatic carbocycles. The van der Waals surface area contributed by atoms with Crippen LogP contribution in [-0.2, 0) is 33.7 Å². The molecule has 2 N–H and O–H groups in total. The summed E-state index contributed by atoms with van der Waals surface area (Å²) in [4.78, 5) is 0. The number of allylic oxidation sites excluding steroid dienone is 6. The summed E-state index contributed by atoms with van der Waals surface area (Å²) in [6.07, 6.45) is 15.0. The zero-order valence-corrected chi connectivity index (χ0v) is 17.2. The van der Waals surface area contributed by atoms with E-state index in [1.165, 1.54) is 24.2 Å². The van der Waals surface area contributed by atoms with Gasteiger partial charge in [-0.05, 0) is 11.5 Å². The molecule has 7 heteroatoms. The van der Waals surface area contributed by atoms with E-state index >= 15 is 0 Å². The van der Waals surface area contributed by atoms with E-state index in [0.29, 0.717) is 13.2 Å². The number of rotatable bonds is 6. The standard InChI is InChI=1S/2C7H9O2.C2H4.2ClH.Zr/c2*8-5-6-9-7-3-1-2-4-7;1-2;;;/h2*3-4,8H,1,5-6H2;1H,2H3;2*1H;/q2*-1;;;;+2. The maximum Gasteiger partial charge on any atom is 0.0876 e. The van der Waals surface area contributed by atoms with Crippen molar-refractivity contribution in [1.29, 1.82) is 0 Å². The van der Waals surface area contributed by atoms with Gasteiger partial charge >= 0.3 is 34.9 Å².